The van der Waals surface area contributed by atoms with E-state index < -0.39 is 0 Å². The summed E-state index contributed by atoms with van der Waals surface area (Å²) in [6.07, 6.45) is 1.11. The van der Waals surface area contributed by atoms with Gasteiger partial charge in [-0.25, -0.2) is 0 Å². The standard InChI is InChI=1S/C21H22N2O4S/c1-4-25-18-10-14-9-13(2)26-19(14)11-15(18)12-28-21-23-22-20(27-21)16-7-5-6-8-17(16)24-3/h5-8,10-11,13H,4,9,12H2,1-3H3. The summed E-state index contributed by atoms with van der Waals surface area (Å²) in [5, 5.41) is 8.82. The van der Waals surface area contributed by atoms with Gasteiger partial charge in [-0.15, -0.1) is 10.2 Å². The molecule has 0 amide bonds. The molecule has 6 nitrogen and oxygen atoms in total. The maximum absolute atomic E-state index is 5.89. The topological polar surface area (TPSA) is 66.6 Å². The Morgan fingerprint density at radius 3 is 2.86 bits per heavy atom. The number of ether oxygens (including phenoxy) is 3. The number of fused-ring (bicyclic) bond motifs is 1. The number of rotatable bonds is 7. The third kappa shape index (κ3) is 3.80. The van der Waals surface area contributed by atoms with Crippen LogP contribution in [0.5, 0.6) is 17.2 Å². The summed E-state index contributed by atoms with van der Waals surface area (Å²) in [4.78, 5) is 0. The van der Waals surface area contributed by atoms with E-state index in [0.29, 0.717) is 29.2 Å². The van der Waals surface area contributed by atoms with Crippen molar-refractivity contribution in [1.82, 2.24) is 10.2 Å². The van der Waals surface area contributed by atoms with Gasteiger partial charge in [-0.3, -0.25) is 0 Å². The number of hydrogen-bond donors (Lipinski definition) is 0. The van der Waals surface area contributed by atoms with Gasteiger partial charge in [0.2, 0.25) is 0 Å². The molecule has 1 aliphatic rings. The predicted molar refractivity (Wildman–Crippen MR) is 107 cm³/mol. The van der Waals surface area contributed by atoms with Crippen molar-refractivity contribution < 1.29 is 18.6 Å². The Labute approximate surface area is 168 Å². The molecule has 1 aromatic heterocycles. The van der Waals surface area contributed by atoms with Crippen LogP contribution in [-0.4, -0.2) is 30.0 Å². The molecule has 0 saturated heterocycles. The normalized spacial score (nSPS) is 15.2. The van der Waals surface area contributed by atoms with E-state index in [1.54, 1.807) is 7.11 Å². The van der Waals surface area contributed by atoms with Crippen LogP contribution in [0.1, 0.15) is 25.0 Å². The Kier molecular flexibility index (Phi) is 5.43. The lowest BCUT2D eigenvalue weighted by Gasteiger charge is -2.11. The van der Waals surface area contributed by atoms with E-state index in [4.69, 9.17) is 18.6 Å². The first-order chi connectivity index (χ1) is 13.7. The Morgan fingerprint density at radius 2 is 2.04 bits per heavy atom. The van der Waals surface area contributed by atoms with Gasteiger partial charge in [0.15, 0.2) is 0 Å². The van der Waals surface area contributed by atoms with Crippen LogP contribution in [0.15, 0.2) is 46.0 Å². The van der Waals surface area contributed by atoms with Gasteiger partial charge in [-0.05, 0) is 38.1 Å². The highest BCUT2D eigenvalue weighted by Gasteiger charge is 2.22. The third-order valence-electron chi connectivity index (χ3n) is 4.47. The molecule has 2 heterocycles. The van der Waals surface area contributed by atoms with Crippen molar-refractivity contribution >= 4 is 11.8 Å². The number of benzene rings is 2. The van der Waals surface area contributed by atoms with Crippen molar-refractivity contribution in [2.24, 2.45) is 0 Å². The first-order valence-corrected chi connectivity index (χ1v) is 10.2. The van der Waals surface area contributed by atoms with Crippen molar-refractivity contribution in [3.63, 3.8) is 0 Å². The minimum atomic E-state index is 0.201. The minimum Gasteiger partial charge on any atom is -0.496 e. The average Bonchev–Trinajstić information content (AvgIpc) is 3.31. The zero-order chi connectivity index (χ0) is 19.5. The highest BCUT2D eigenvalue weighted by molar-refractivity contribution is 7.98. The van der Waals surface area contributed by atoms with Crippen molar-refractivity contribution in [2.45, 2.75) is 37.3 Å². The van der Waals surface area contributed by atoms with E-state index in [2.05, 4.69) is 29.3 Å². The number of para-hydroxylation sites is 1. The zero-order valence-corrected chi connectivity index (χ0v) is 16.9. The van der Waals surface area contributed by atoms with Crippen LogP contribution < -0.4 is 14.2 Å². The maximum atomic E-state index is 5.89. The van der Waals surface area contributed by atoms with Gasteiger partial charge in [-0.1, -0.05) is 23.9 Å². The van der Waals surface area contributed by atoms with Crippen LogP contribution >= 0.6 is 11.8 Å². The summed E-state index contributed by atoms with van der Waals surface area (Å²) < 4.78 is 22.9. The van der Waals surface area contributed by atoms with Gasteiger partial charge in [0.25, 0.3) is 11.1 Å². The largest absolute Gasteiger partial charge is 0.496 e. The van der Waals surface area contributed by atoms with Crippen molar-refractivity contribution in [3.8, 4) is 28.7 Å². The molecule has 1 aliphatic heterocycles. The van der Waals surface area contributed by atoms with Crippen LogP contribution in [-0.2, 0) is 12.2 Å². The summed E-state index contributed by atoms with van der Waals surface area (Å²) >= 11 is 1.47. The fourth-order valence-electron chi connectivity index (χ4n) is 3.22. The van der Waals surface area contributed by atoms with E-state index in [9.17, 15) is 0 Å². The lowest BCUT2D eigenvalue weighted by atomic mass is 10.1. The molecule has 0 aliphatic carbocycles. The summed E-state index contributed by atoms with van der Waals surface area (Å²) in [5.74, 6) is 3.61. The fraction of sp³-hybridized carbons (Fsp3) is 0.333. The molecular weight excluding hydrogens is 376 g/mol. The van der Waals surface area contributed by atoms with E-state index >= 15 is 0 Å². The molecule has 4 rings (SSSR count). The van der Waals surface area contributed by atoms with Crippen molar-refractivity contribution in [1.29, 1.82) is 0 Å². The molecule has 0 bridgehead atoms. The van der Waals surface area contributed by atoms with Gasteiger partial charge in [0.1, 0.15) is 23.4 Å². The molecular formula is C21H22N2O4S. The van der Waals surface area contributed by atoms with E-state index in [-0.39, 0.29) is 6.10 Å². The SMILES string of the molecule is CCOc1cc2c(cc1CSc1nnc(-c3ccccc3OC)o1)OC(C)C2. The lowest BCUT2D eigenvalue weighted by Crippen LogP contribution is -2.05. The highest BCUT2D eigenvalue weighted by Crippen LogP contribution is 2.38. The second-order valence-corrected chi connectivity index (χ2v) is 7.42. The van der Waals surface area contributed by atoms with E-state index in [1.165, 1.54) is 17.3 Å². The highest BCUT2D eigenvalue weighted by atomic mass is 32.2. The summed E-state index contributed by atoms with van der Waals surface area (Å²) in [6, 6.07) is 11.7. The Hall–Kier alpha value is -2.67. The molecule has 28 heavy (non-hydrogen) atoms. The molecule has 1 unspecified atom stereocenters. The number of nitrogens with zero attached hydrogens (tertiary/aromatic N) is 2. The molecule has 146 valence electrons. The molecule has 0 radical (unpaired) electrons. The number of methoxy groups -OCH3 is 1. The zero-order valence-electron chi connectivity index (χ0n) is 16.1. The van der Waals surface area contributed by atoms with Crippen molar-refractivity contribution in [3.05, 3.63) is 47.5 Å². The first-order valence-electron chi connectivity index (χ1n) is 9.23. The van der Waals surface area contributed by atoms with Crippen LogP contribution in [0, 0.1) is 0 Å². The van der Waals surface area contributed by atoms with Gasteiger partial charge in [0.05, 0.1) is 19.3 Å². The van der Waals surface area contributed by atoms with Crippen LogP contribution in [0.3, 0.4) is 0 Å². The van der Waals surface area contributed by atoms with Gasteiger partial charge in [0, 0.05) is 23.3 Å². The molecule has 0 spiro atoms. The summed E-state index contributed by atoms with van der Waals surface area (Å²) in [7, 11) is 1.62. The van der Waals surface area contributed by atoms with Crippen LogP contribution in [0.4, 0.5) is 0 Å². The average molecular weight is 398 g/mol. The minimum absolute atomic E-state index is 0.201. The molecule has 7 heteroatoms. The Morgan fingerprint density at radius 1 is 1.18 bits per heavy atom. The number of aromatic nitrogens is 2. The number of thioether (sulfide) groups is 1. The smallest absolute Gasteiger partial charge is 0.277 e. The molecule has 0 N–H and O–H groups in total. The predicted octanol–water partition coefficient (Wildman–Crippen LogP) is 4.76. The molecule has 0 saturated carbocycles. The molecule has 3 aromatic rings. The van der Waals surface area contributed by atoms with E-state index in [0.717, 1.165) is 29.0 Å². The fourth-order valence-corrected chi connectivity index (χ4v) is 3.96. The summed E-state index contributed by atoms with van der Waals surface area (Å²) in [6.45, 7) is 4.68. The lowest BCUT2D eigenvalue weighted by molar-refractivity contribution is 0.254. The van der Waals surface area contributed by atoms with Crippen molar-refractivity contribution in [2.75, 3.05) is 13.7 Å². The molecule has 1 atom stereocenters. The van der Waals surface area contributed by atoms with Gasteiger partial charge < -0.3 is 18.6 Å². The summed E-state index contributed by atoms with van der Waals surface area (Å²) in [5.41, 5.74) is 3.02. The number of hydrogen-bond acceptors (Lipinski definition) is 7. The molecule has 0 fully saturated rings. The second kappa shape index (κ2) is 8.14. The Balaban J connectivity index is 1.52. The van der Waals surface area contributed by atoms with Crippen LogP contribution in [0.25, 0.3) is 11.5 Å². The van der Waals surface area contributed by atoms with Crippen LogP contribution in [0.2, 0.25) is 0 Å². The van der Waals surface area contributed by atoms with Gasteiger partial charge in [-0.2, -0.15) is 0 Å². The Bertz CT molecular complexity index is 973. The quantitative estimate of drug-likeness (QED) is 0.532. The first kappa shape index (κ1) is 18.7. The molecule has 2 aromatic carbocycles. The van der Waals surface area contributed by atoms with Gasteiger partial charge >= 0.3 is 0 Å². The van der Waals surface area contributed by atoms with E-state index in [1.807, 2.05) is 31.2 Å². The third-order valence-corrected chi connectivity index (χ3v) is 5.34. The monoisotopic (exact) mass is 398 g/mol. The second-order valence-electron chi connectivity index (χ2n) is 6.50. The maximum Gasteiger partial charge on any atom is 0.277 e.